The van der Waals surface area contributed by atoms with Crippen LogP contribution in [0, 0.1) is 5.82 Å². The molecule has 0 aliphatic carbocycles. The minimum absolute atomic E-state index is 0.0444. The van der Waals surface area contributed by atoms with Gasteiger partial charge in [-0.1, -0.05) is 23.7 Å². The monoisotopic (exact) mass is 310 g/mol. The molecule has 0 aliphatic rings. The largest absolute Gasteiger partial charge is 0.497 e. The standard InChI is InChI=1S/C16H16ClFO3/c1-20-12-6-11(7-13(9-12)21-2)15(19)8-10-4-3-5-14(17)16(10)18/h3-7,9,15,19H,8H2,1-2H3. The number of benzene rings is 2. The lowest BCUT2D eigenvalue weighted by molar-refractivity contribution is 0.176. The Bertz CT molecular complexity index is 609. The van der Waals surface area contributed by atoms with Crippen LogP contribution in [0.4, 0.5) is 4.39 Å². The summed E-state index contributed by atoms with van der Waals surface area (Å²) in [4.78, 5) is 0. The number of rotatable bonds is 5. The van der Waals surface area contributed by atoms with Crippen LogP contribution >= 0.6 is 11.6 Å². The zero-order chi connectivity index (χ0) is 15.4. The van der Waals surface area contributed by atoms with Gasteiger partial charge in [-0.3, -0.25) is 0 Å². The van der Waals surface area contributed by atoms with Crippen molar-refractivity contribution >= 4 is 11.6 Å². The summed E-state index contributed by atoms with van der Waals surface area (Å²) in [5, 5.41) is 10.4. The van der Waals surface area contributed by atoms with Gasteiger partial charge in [-0.2, -0.15) is 0 Å². The van der Waals surface area contributed by atoms with Crippen molar-refractivity contribution in [3.63, 3.8) is 0 Å². The highest BCUT2D eigenvalue weighted by molar-refractivity contribution is 6.30. The van der Waals surface area contributed by atoms with Gasteiger partial charge in [-0.15, -0.1) is 0 Å². The number of hydrogen-bond donors (Lipinski definition) is 1. The molecule has 0 bridgehead atoms. The molecule has 2 rings (SSSR count). The van der Waals surface area contributed by atoms with Gasteiger partial charge >= 0.3 is 0 Å². The minimum Gasteiger partial charge on any atom is -0.497 e. The summed E-state index contributed by atoms with van der Waals surface area (Å²) >= 11 is 5.74. The summed E-state index contributed by atoms with van der Waals surface area (Å²) in [6.45, 7) is 0. The van der Waals surface area contributed by atoms with Crippen molar-refractivity contribution in [1.29, 1.82) is 0 Å². The predicted molar refractivity (Wildman–Crippen MR) is 79.6 cm³/mol. The van der Waals surface area contributed by atoms with Crippen LogP contribution in [0.3, 0.4) is 0 Å². The molecule has 0 amide bonds. The molecule has 0 aromatic heterocycles. The Labute approximate surface area is 127 Å². The van der Waals surface area contributed by atoms with E-state index in [4.69, 9.17) is 21.1 Å². The second-order valence-electron chi connectivity index (χ2n) is 4.58. The highest BCUT2D eigenvalue weighted by atomic mass is 35.5. The van der Waals surface area contributed by atoms with Gasteiger partial charge in [0.2, 0.25) is 0 Å². The average molecular weight is 311 g/mol. The zero-order valence-corrected chi connectivity index (χ0v) is 12.5. The summed E-state index contributed by atoms with van der Waals surface area (Å²) < 4.78 is 24.2. The predicted octanol–water partition coefficient (Wildman–Crippen LogP) is 3.77. The van der Waals surface area contributed by atoms with Gasteiger partial charge in [0, 0.05) is 12.5 Å². The lowest BCUT2D eigenvalue weighted by Gasteiger charge is -2.14. The number of aliphatic hydroxyl groups is 1. The smallest absolute Gasteiger partial charge is 0.145 e. The normalized spacial score (nSPS) is 12.0. The van der Waals surface area contributed by atoms with Crippen LogP contribution in [0.1, 0.15) is 17.2 Å². The van der Waals surface area contributed by atoms with E-state index in [2.05, 4.69) is 0 Å². The third-order valence-corrected chi connectivity index (χ3v) is 3.50. The molecule has 112 valence electrons. The first-order chi connectivity index (χ1) is 10.0. The third-order valence-electron chi connectivity index (χ3n) is 3.20. The number of hydrogen-bond acceptors (Lipinski definition) is 3. The number of methoxy groups -OCH3 is 2. The van der Waals surface area contributed by atoms with E-state index in [9.17, 15) is 9.50 Å². The van der Waals surface area contributed by atoms with Gasteiger partial charge in [-0.25, -0.2) is 4.39 Å². The van der Waals surface area contributed by atoms with Gasteiger partial charge in [0.25, 0.3) is 0 Å². The van der Waals surface area contributed by atoms with Gasteiger partial charge in [0.05, 0.1) is 25.3 Å². The van der Waals surface area contributed by atoms with E-state index >= 15 is 0 Å². The van der Waals surface area contributed by atoms with E-state index in [1.54, 1.807) is 30.3 Å². The van der Waals surface area contributed by atoms with Crippen molar-refractivity contribution in [3.8, 4) is 11.5 Å². The molecule has 1 N–H and O–H groups in total. The van der Waals surface area contributed by atoms with Crippen molar-refractivity contribution < 1.29 is 19.0 Å². The number of aliphatic hydroxyl groups excluding tert-OH is 1. The summed E-state index contributed by atoms with van der Waals surface area (Å²) in [5.74, 6) is 0.623. The van der Waals surface area contributed by atoms with Crippen LogP contribution in [-0.2, 0) is 6.42 Å². The van der Waals surface area contributed by atoms with Crippen molar-refractivity contribution in [2.75, 3.05) is 14.2 Å². The van der Waals surface area contributed by atoms with E-state index in [1.807, 2.05) is 0 Å². The maximum Gasteiger partial charge on any atom is 0.145 e. The van der Waals surface area contributed by atoms with Crippen molar-refractivity contribution in [3.05, 3.63) is 58.4 Å². The molecule has 2 aromatic carbocycles. The molecule has 1 unspecified atom stereocenters. The van der Waals surface area contributed by atoms with Gasteiger partial charge in [0.1, 0.15) is 17.3 Å². The molecule has 0 radical (unpaired) electrons. The van der Waals surface area contributed by atoms with Crippen molar-refractivity contribution in [2.24, 2.45) is 0 Å². The van der Waals surface area contributed by atoms with Crippen molar-refractivity contribution in [1.82, 2.24) is 0 Å². The molecule has 3 nitrogen and oxygen atoms in total. The molecular weight excluding hydrogens is 295 g/mol. The van der Waals surface area contributed by atoms with E-state index in [-0.39, 0.29) is 11.4 Å². The molecule has 0 aliphatic heterocycles. The van der Waals surface area contributed by atoms with Crippen LogP contribution in [0.25, 0.3) is 0 Å². The fourth-order valence-electron chi connectivity index (χ4n) is 2.05. The van der Waals surface area contributed by atoms with E-state index in [0.29, 0.717) is 22.6 Å². The summed E-state index contributed by atoms with van der Waals surface area (Å²) in [7, 11) is 3.06. The molecular formula is C16H16ClFO3. The lowest BCUT2D eigenvalue weighted by Crippen LogP contribution is -2.04. The fraction of sp³-hybridized carbons (Fsp3) is 0.250. The summed E-state index contributed by atoms with van der Waals surface area (Å²) in [6, 6.07) is 9.81. The Morgan fingerprint density at radius 1 is 1.14 bits per heavy atom. The maximum absolute atomic E-state index is 13.9. The fourth-order valence-corrected chi connectivity index (χ4v) is 2.25. The SMILES string of the molecule is COc1cc(OC)cc(C(O)Cc2cccc(Cl)c2F)c1. The molecule has 5 heteroatoms. The maximum atomic E-state index is 13.9. The van der Waals surface area contributed by atoms with Crippen LogP contribution < -0.4 is 9.47 Å². The Kier molecular flexibility index (Phi) is 5.04. The molecule has 0 spiro atoms. The second kappa shape index (κ2) is 6.78. The molecule has 0 heterocycles. The molecule has 21 heavy (non-hydrogen) atoms. The lowest BCUT2D eigenvalue weighted by atomic mass is 10.0. The van der Waals surface area contributed by atoms with Gasteiger partial charge < -0.3 is 14.6 Å². The van der Waals surface area contributed by atoms with Gasteiger partial charge in [0.15, 0.2) is 0 Å². The molecule has 0 saturated carbocycles. The summed E-state index contributed by atoms with van der Waals surface area (Å²) in [6.07, 6.45) is -0.773. The Hall–Kier alpha value is -1.78. The Balaban J connectivity index is 2.27. The second-order valence-corrected chi connectivity index (χ2v) is 4.99. The molecule has 0 saturated heterocycles. The Morgan fingerprint density at radius 3 is 2.33 bits per heavy atom. The van der Waals surface area contributed by atoms with Crippen LogP contribution in [0.5, 0.6) is 11.5 Å². The number of halogens is 2. The zero-order valence-electron chi connectivity index (χ0n) is 11.8. The molecule has 2 aromatic rings. The van der Waals surface area contributed by atoms with Crippen LogP contribution in [0.15, 0.2) is 36.4 Å². The highest BCUT2D eigenvalue weighted by Crippen LogP contribution is 2.29. The van der Waals surface area contributed by atoms with E-state index in [0.717, 1.165) is 0 Å². The number of ether oxygens (including phenoxy) is 2. The quantitative estimate of drug-likeness (QED) is 0.913. The van der Waals surface area contributed by atoms with E-state index < -0.39 is 11.9 Å². The third kappa shape index (κ3) is 3.65. The first-order valence-corrected chi connectivity index (χ1v) is 6.77. The summed E-state index contributed by atoms with van der Waals surface area (Å²) in [5.41, 5.74) is 0.947. The van der Waals surface area contributed by atoms with Crippen molar-refractivity contribution in [2.45, 2.75) is 12.5 Å². The average Bonchev–Trinajstić information content (AvgIpc) is 2.51. The first kappa shape index (κ1) is 15.6. The van der Waals surface area contributed by atoms with Crippen LogP contribution in [-0.4, -0.2) is 19.3 Å². The van der Waals surface area contributed by atoms with Gasteiger partial charge in [-0.05, 0) is 29.3 Å². The minimum atomic E-state index is -0.887. The van der Waals surface area contributed by atoms with Crippen LogP contribution in [0.2, 0.25) is 5.02 Å². The van der Waals surface area contributed by atoms with E-state index in [1.165, 1.54) is 20.3 Å². The highest BCUT2D eigenvalue weighted by Gasteiger charge is 2.15. The topological polar surface area (TPSA) is 38.7 Å². The molecule has 0 fully saturated rings. The molecule has 1 atom stereocenters. The first-order valence-electron chi connectivity index (χ1n) is 6.39. The Morgan fingerprint density at radius 2 is 1.76 bits per heavy atom.